The van der Waals surface area contributed by atoms with Crippen LogP contribution in [-0.4, -0.2) is 30.8 Å². The van der Waals surface area contributed by atoms with Crippen LogP contribution in [0.3, 0.4) is 0 Å². The van der Waals surface area contributed by atoms with Gasteiger partial charge in [-0.1, -0.05) is 6.07 Å². The molecule has 0 fully saturated rings. The van der Waals surface area contributed by atoms with Crippen LogP contribution in [-0.2, 0) is 16.0 Å². The van der Waals surface area contributed by atoms with Gasteiger partial charge in [-0.3, -0.25) is 9.59 Å². The zero-order chi connectivity index (χ0) is 18.4. The van der Waals surface area contributed by atoms with E-state index in [9.17, 15) is 18.8 Å². The molecule has 1 aromatic carbocycles. The molecular weight excluding hydrogens is 345 g/mol. The molecule has 25 heavy (non-hydrogen) atoms. The van der Waals surface area contributed by atoms with Gasteiger partial charge in [-0.25, -0.2) is 9.18 Å². The molecule has 0 saturated carbocycles. The first-order chi connectivity index (χ1) is 11.9. The van der Waals surface area contributed by atoms with Crippen molar-refractivity contribution in [3.8, 4) is 0 Å². The molecule has 132 valence electrons. The Morgan fingerprint density at radius 1 is 1.20 bits per heavy atom. The number of halogens is 1. The number of hydrogen-bond donors (Lipinski definition) is 1. The monoisotopic (exact) mass is 363 g/mol. The van der Waals surface area contributed by atoms with Crippen molar-refractivity contribution in [3.05, 3.63) is 57.0 Å². The van der Waals surface area contributed by atoms with Gasteiger partial charge in [-0.05, 0) is 43.2 Å². The van der Waals surface area contributed by atoms with Gasteiger partial charge in [0.15, 0.2) is 6.61 Å². The summed E-state index contributed by atoms with van der Waals surface area (Å²) in [7, 11) is 0. The molecule has 0 saturated heterocycles. The molecule has 1 amide bonds. The summed E-state index contributed by atoms with van der Waals surface area (Å²) in [6.07, 6.45) is 0.625. The molecule has 0 spiro atoms. The van der Waals surface area contributed by atoms with Gasteiger partial charge in [0.05, 0.1) is 10.4 Å². The number of ether oxygens (including phenoxy) is 1. The number of esters is 1. The first-order valence-electron chi connectivity index (χ1n) is 7.66. The molecule has 0 unspecified atom stereocenters. The van der Waals surface area contributed by atoms with Gasteiger partial charge >= 0.3 is 5.97 Å². The standard InChI is InChI=1S/C18H18FNO4S/c1-11-3-4-13(9-15(11)19)18(23)24-10-16(22)17-6-5-14(25-17)7-8-20-12(2)21/h3-6,9H,7-8,10H2,1-2H3,(H,20,21). The average molecular weight is 363 g/mol. The number of aryl methyl sites for hydroxylation is 1. The SMILES string of the molecule is CC(=O)NCCc1ccc(C(=O)COC(=O)c2ccc(C)c(F)c2)s1. The Morgan fingerprint density at radius 2 is 1.96 bits per heavy atom. The minimum atomic E-state index is -0.741. The lowest BCUT2D eigenvalue weighted by Gasteiger charge is -2.04. The highest BCUT2D eigenvalue weighted by Gasteiger charge is 2.14. The van der Waals surface area contributed by atoms with E-state index in [1.165, 1.54) is 30.4 Å². The Kier molecular flexibility index (Phi) is 6.41. The molecule has 0 aliphatic heterocycles. The van der Waals surface area contributed by atoms with Crippen LogP contribution in [0.5, 0.6) is 0 Å². The van der Waals surface area contributed by atoms with E-state index in [0.29, 0.717) is 23.4 Å². The topological polar surface area (TPSA) is 72.5 Å². The van der Waals surface area contributed by atoms with Crippen molar-refractivity contribution in [3.63, 3.8) is 0 Å². The van der Waals surface area contributed by atoms with Crippen molar-refractivity contribution in [2.45, 2.75) is 20.3 Å². The van der Waals surface area contributed by atoms with Crippen molar-refractivity contribution < 1.29 is 23.5 Å². The van der Waals surface area contributed by atoms with Gasteiger partial charge in [0.2, 0.25) is 11.7 Å². The number of ketones is 1. The summed E-state index contributed by atoms with van der Waals surface area (Å²) in [6.45, 7) is 3.13. The second-order valence-corrected chi connectivity index (χ2v) is 6.63. The predicted octanol–water partition coefficient (Wildman–Crippen LogP) is 2.91. The van der Waals surface area contributed by atoms with Gasteiger partial charge < -0.3 is 10.1 Å². The lowest BCUT2D eigenvalue weighted by molar-refractivity contribution is -0.118. The molecule has 1 heterocycles. The first-order valence-corrected chi connectivity index (χ1v) is 8.48. The summed E-state index contributed by atoms with van der Waals surface area (Å²) in [6, 6.07) is 7.49. The molecular formula is C18H18FNO4S. The Balaban J connectivity index is 1.87. The number of carbonyl (C=O) groups excluding carboxylic acids is 3. The van der Waals surface area contributed by atoms with Crippen LogP contribution in [0.2, 0.25) is 0 Å². The van der Waals surface area contributed by atoms with Gasteiger partial charge in [0.1, 0.15) is 5.82 Å². The van der Waals surface area contributed by atoms with Crippen LogP contribution in [0.4, 0.5) is 4.39 Å². The molecule has 0 atom stereocenters. The summed E-state index contributed by atoms with van der Waals surface area (Å²) >= 11 is 1.29. The Morgan fingerprint density at radius 3 is 2.64 bits per heavy atom. The number of Topliss-reactive ketones (excluding diaryl/α,β-unsaturated/α-hetero) is 1. The van der Waals surface area contributed by atoms with Crippen LogP contribution in [0.15, 0.2) is 30.3 Å². The number of carbonyl (C=O) groups is 3. The summed E-state index contributed by atoms with van der Waals surface area (Å²) in [5.41, 5.74) is 0.496. The van der Waals surface area contributed by atoms with Crippen LogP contribution >= 0.6 is 11.3 Å². The Labute approximate surface area is 148 Å². The number of rotatable bonds is 7. The number of benzene rings is 1. The maximum atomic E-state index is 13.5. The van der Waals surface area contributed by atoms with Gasteiger partial charge in [0.25, 0.3) is 0 Å². The van der Waals surface area contributed by atoms with Crippen molar-refractivity contribution in [1.82, 2.24) is 5.32 Å². The predicted molar refractivity (Wildman–Crippen MR) is 92.5 cm³/mol. The second kappa shape index (κ2) is 8.53. The fourth-order valence-electron chi connectivity index (χ4n) is 2.03. The smallest absolute Gasteiger partial charge is 0.338 e. The average Bonchev–Trinajstić information content (AvgIpc) is 3.03. The zero-order valence-electron chi connectivity index (χ0n) is 13.9. The highest BCUT2D eigenvalue weighted by atomic mass is 32.1. The van der Waals surface area contributed by atoms with E-state index in [0.717, 1.165) is 10.9 Å². The van der Waals surface area contributed by atoms with E-state index in [-0.39, 0.29) is 17.3 Å². The van der Waals surface area contributed by atoms with Crippen LogP contribution < -0.4 is 5.32 Å². The van der Waals surface area contributed by atoms with E-state index in [2.05, 4.69) is 5.32 Å². The largest absolute Gasteiger partial charge is 0.454 e. The minimum Gasteiger partial charge on any atom is -0.454 e. The first kappa shape index (κ1) is 18.8. The van der Waals surface area contributed by atoms with Gasteiger partial charge in [-0.2, -0.15) is 0 Å². The van der Waals surface area contributed by atoms with E-state index < -0.39 is 18.4 Å². The highest BCUT2D eigenvalue weighted by molar-refractivity contribution is 7.14. The van der Waals surface area contributed by atoms with E-state index in [1.807, 2.05) is 0 Å². The highest BCUT2D eigenvalue weighted by Crippen LogP contribution is 2.18. The van der Waals surface area contributed by atoms with Gasteiger partial charge in [0, 0.05) is 18.3 Å². The molecule has 2 aromatic rings. The van der Waals surface area contributed by atoms with Crippen molar-refractivity contribution >= 4 is 29.0 Å². The second-order valence-electron chi connectivity index (χ2n) is 5.46. The fourth-order valence-corrected chi connectivity index (χ4v) is 2.96. The maximum absolute atomic E-state index is 13.5. The summed E-state index contributed by atoms with van der Waals surface area (Å²) in [5.74, 6) is -1.67. The lowest BCUT2D eigenvalue weighted by Crippen LogP contribution is -2.22. The molecule has 0 bridgehead atoms. The molecule has 1 aromatic heterocycles. The third-order valence-corrected chi connectivity index (χ3v) is 4.61. The quantitative estimate of drug-likeness (QED) is 0.606. The molecule has 2 rings (SSSR count). The number of hydrogen-bond acceptors (Lipinski definition) is 5. The molecule has 1 N–H and O–H groups in total. The molecule has 5 nitrogen and oxygen atoms in total. The van der Waals surface area contributed by atoms with E-state index >= 15 is 0 Å². The van der Waals surface area contributed by atoms with Crippen molar-refractivity contribution in [2.75, 3.05) is 13.2 Å². The van der Waals surface area contributed by atoms with E-state index in [4.69, 9.17) is 4.74 Å². The number of thiophene rings is 1. The number of nitrogens with one attached hydrogen (secondary N) is 1. The Bertz CT molecular complexity index is 800. The van der Waals surface area contributed by atoms with Gasteiger partial charge in [-0.15, -0.1) is 11.3 Å². The molecule has 0 aliphatic carbocycles. The summed E-state index contributed by atoms with van der Waals surface area (Å²) in [5, 5.41) is 2.68. The van der Waals surface area contributed by atoms with Crippen molar-refractivity contribution in [2.24, 2.45) is 0 Å². The molecule has 0 radical (unpaired) electrons. The minimum absolute atomic E-state index is 0.0677. The normalized spacial score (nSPS) is 10.4. The van der Waals surface area contributed by atoms with Crippen LogP contribution in [0.1, 0.15) is 37.4 Å². The lowest BCUT2D eigenvalue weighted by atomic mass is 10.1. The third-order valence-electron chi connectivity index (χ3n) is 3.42. The fraction of sp³-hybridized carbons (Fsp3) is 0.278. The van der Waals surface area contributed by atoms with Crippen LogP contribution in [0, 0.1) is 12.7 Å². The summed E-state index contributed by atoms with van der Waals surface area (Å²) in [4.78, 5) is 36.2. The van der Waals surface area contributed by atoms with Crippen LogP contribution in [0.25, 0.3) is 0 Å². The van der Waals surface area contributed by atoms with E-state index in [1.54, 1.807) is 19.1 Å². The molecule has 7 heteroatoms. The zero-order valence-corrected chi connectivity index (χ0v) is 14.7. The molecule has 0 aliphatic rings. The maximum Gasteiger partial charge on any atom is 0.338 e. The summed E-state index contributed by atoms with van der Waals surface area (Å²) < 4.78 is 18.4. The Hall–Kier alpha value is -2.54. The third kappa shape index (κ3) is 5.49. The number of amides is 1. The van der Waals surface area contributed by atoms with Crippen molar-refractivity contribution in [1.29, 1.82) is 0 Å².